The third-order valence-electron chi connectivity index (χ3n) is 3.47. The minimum Gasteiger partial charge on any atom is -0.467 e. The SMILES string of the molecule is COC(=O)[C@@H]1CC(Nc2cccc(Cl)n2)CN1C(=O)OC(C)(C)C. The number of methoxy groups -OCH3 is 1. The highest BCUT2D eigenvalue weighted by atomic mass is 35.5. The Balaban J connectivity index is 2.11. The Morgan fingerprint density at radius 3 is 2.67 bits per heavy atom. The van der Waals surface area contributed by atoms with Gasteiger partial charge in [-0.15, -0.1) is 0 Å². The Morgan fingerprint density at radius 1 is 1.38 bits per heavy atom. The maximum atomic E-state index is 12.4. The van der Waals surface area contributed by atoms with Crippen LogP contribution in [0.1, 0.15) is 27.2 Å². The number of pyridine rings is 1. The second-order valence-electron chi connectivity index (χ2n) is 6.59. The summed E-state index contributed by atoms with van der Waals surface area (Å²) in [5.74, 6) is 0.117. The largest absolute Gasteiger partial charge is 0.467 e. The predicted molar refractivity (Wildman–Crippen MR) is 90.0 cm³/mol. The van der Waals surface area contributed by atoms with Crippen LogP contribution in [-0.2, 0) is 14.3 Å². The van der Waals surface area contributed by atoms with Gasteiger partial charge in [-0.1, -0.05) is 17.7 Å². The van der Waals surface area contributed by atoms with Crippen molar-refractivity contribution in [2.24, 2.45) is 0 Å². The summed E-state index contributed by atoms with van der Waals surface area (Å²) in [7, 11) is 1.30. The molecule has 1 aromatic rings. The van der Waals surface area contributed by atoms with Crippen molar-refractivity contribution in [3.63, 3.8) is 0 Å². The first-order valence-corrected chi connectivity index (χ1v) is 8.04. The molecule has 0 spiro atoms. The summed E-state index contributed by atoms with van der Waals surface area (Å²) in [5.41, 5.74) is -0.641. The smallest absolute Gasteiger partial charge is 0.411 e. The summed E-state index contributed by atoms with van der Waals surface area (Å²) >= 11 is 5.87. The maximum Gasteiger partial charge on any atom is 0.411 e. The van der Waals surface area contributed by atoms with E-state index in [2.05, 4.69) is 10.3 Å². The Labute approximate surface area is 146 Å². The van der Waals surface area contributed by atoms with Crippen LogP contribution in [0.3, 0.4) is 0 Å². The van der Waals surface area contributed by atoms with Gasteiger partial charge < -0.3 is 14.8 Å². The number of anilines is 1. The van der Waals surface area contributed by atoms with Gasteiger partial charge in [-0.2, -0.15) is 0 Å². The number of hydrogen-bond acceptors (Lipinski definition) is 6. The van der Waals surface area contributed by atoms with E-state index >= 15 is 0 Å². The Bertz CT molecular complexity index is 618. The third kappa shape index (κ3) is 4.74. The predicted octanol–water partition coefficient (Wildman–Crippen LogP) is 2.70. The standard InChI is InChI=1S/C16H22ClN3O4/c1-16(2,3)24-15(22)20-9-10(8-11(20)14(21)23-4)18-13-7-5-6-12(17)19-13/h5-7,10-11H,8-9H2,1-4H3,(H,18,19)/t10?,11-/m0/s1. The molecule has 0 aliphatic carbocycles. The fourth-order valence-corrected chi connectivity index (χ4v) is 2.68. The molecule has 0 saturated carbocycles. The average Bonchev–Trinajstić information content (AvgIpc) is 2.88. The zero-order chi connectivity index (χ0) is 17.9. The zero-order valence-electron chi connectivity index (χ0n) is 14.2. The highest BCUT2D eigenvalue weighted by molar-refractivity contribution is 6.29. The molecule has 0 radical (unpaired) electrons. The van der Waals surface area contributed by atoms with Crippen molar-refractivity contribution >= 4 is 29.5 Å². The van der Waals surface area contributed by atoms with E-state index in [0.717, 1.165) is 0 Å². The van der Waals surface area contributed by atoms with Gasteiger partial charge in [0.25, 0.3) is 0 Å². The number of halogens is 1. The number of nitrogens with zero attached hydrogens (tertiary/aromatic N) is 2. The van der Waals surface area contributed by atoms with E-state index in [0.29, 0.717) is 23.9 Å². The van der Waals surface area contributed by atoms with Gasteiger partial charge in [-0.05, 0) is 32.9 Å². The molecule has 2 heterocycles. The monoisotopic (exact) mass is 355 g/mol. The second kappa shape index (κ2) is 7.25. The molecule has 1 aromatic heterocycles. The topological polar surface area (TPSA) is 80.8 Å². The van der Waals surface area contributed by atoms with E-state index < -0.39 is 23.7 Å². The summed E-state index contributed by atoms with van der Waals surface area (Å²) in [5, 5.41) is 3.55. The number of rotatable bonds is 3. The van der Waals surface area contributed by atoms with Gasteiger partial charge in [-0.3, -0.25) is 4.90 Å². The summed E-state index contributed by atoms with van der Waals surface area (Å²) in [6.45, 7) is 5.64. The lowest BCUT2D eigenvalue weighted by atomic mass is 10.1. The number of carbonyl (C=O) groups excluding carboxylic acids is 2. The van der Waals surface area contributed by atoms with E-state index in [1.807, 2.05) is 0 Å². The molecular formula is C16H22ClN3O4. The first-order chi connectivity index (χ1) is 11.2. The minimum atomic E-state index is -0.693. The Kier molecular flexibility index (Phi) is 5.54. The van der Waals surface area contributed by atoms with E-state index in [-0.39, 0.29) is 6.04 Å². The fourth-order valence-electron chi connectivity index (χ4n) is 2.52. The minimum absolute atomic E-state index is 0.160. The zero-order valence-corrected chi connectivity index (χ0v) is 15.0. The van der Waals surface area contributed by atoms with Gasteiger partial charge in [0, 0.05) is 19.0 Å². The fraction of sp³-hybridized carbons (Fsp3) is 0.562. The molecule has 0 aromatic carbocycles. The van der Waals surface area contributed by atoms with E-state index in [4.69, 9.17) is 21.1 Å². The molecule has 1 aliphatic heterocycles. The van der Waals surface area contributed by atoms with Gasteiger partial charge in [0.1, 0.15) is 22.6 Å². The number of aromatic nitrogens is 1. The number of carbonyl (C=O) groups is 2. The molecule has 0 bridgehead atoms. The van der Waals surface area contributed by atoms with Crippen LogP contribution >= 0.6 is 11.6 Å². The van der Waals surface area contributed by atoms with Crippen molar-refractivity contribution in [1.82, 2.24) is 9.88 Å². The van der Waals surface area contributed by atoms with Crippen LogP contribution in [0.15, 0.2) is 18.2 Å². The first-order valence-electron chi connectivity index (χ1n) is 7.66. The molecule has 1 N–H and O–H groups in total. The molecule has 1 amide bonds. The normalized spacial score (nSPS) is 20.6. The number of likely N-dealkylation sites (tertiary alicyclic amines) is 1. The molecule has 2 rings (SSSR count). The highest BCUT2D eigenvalue weighted by Gasteiger charge is 2.42. The number of nitrogens with one attached hydrogen (secondary N) is 1. The van der Waals surface area contributed by atoms with Crippen molar-refractivity contribution in [2.45, 2.75) is 44.9 Å². The quantitative estimate of drug-likeness (QED) is 0.663. The van der Waals surface area contributed by atoms with Crippen LogP contribution in [0.5, 0.6) is 0 Å². The van der Waals surface area contributed by atoms with Gasteiger partial charge in [0.05, 0.1) is 7.11 Å². The van der Waals surface area contributed by atoms with Gasteiger partial charge >= 0.3 is 12.1 Å². The molecule has 8 heteroatoms. The molecule has 7 nitrogen and oxygen atoms in total. The maximum absolute atomic E-state index is 12.4. The van der Waals surface area contributed by atoms with Crippen LogP contribution in [0.2, 0.25) is 5.15 Å². The van der Waals surface area contributed by atoms with Crippen molar-refractivity contribution < 1.29 is 19.1 Å². The molecular weight excluding hydrogens is 334 g/mol. The summed E-state index contributed by atoms with van der Waals surface area (Å²) in [6, 6.07) is 4.37. The molecule has 1 aliphatic rings. The Morgan fingerprint density at radius 2 is 2.08 bits per heavy atom. The van der Waals surface area contributed by atoms with Crippen LogP contribution < -0.4 is 5.32 Å². The van der Waals surface area contributed by atoms with Crippen molar-refractivity contribution in [2.75, 3.05) is 19.0 Å². The molecule has 2 atom stereocenters. The first kappa shape index (κ1) is 18.3. The van der Waals surface area contributed by atoms with Crippen LogP contribution in [0, 0.1) is 0 Å². The number of esters is 1. The third-order valence-corrected chi connectivity index (χ3v) is 3.68. The van der Waals surface area contributed by atoms with E-state index in [1.54, 1.807) is 39.0 Å². The van der Waals surface area contributed by atoms with Crippen LogP contribution in [0.25, 0.3) is 0 Å². The number of ether oxygens (including phenoxy) is 2. The van der Waals surface area contributed by atoms with Gasteiger partial charge in [0.2, 0.25) is 0 Å². The van der Waals surface area contributed by atoms with E-state index in [1.165, 1.54) is 12.0 Å². The summed E-state index contributed by atoms with van der Waals surface area (Å²) in [4.78, 5) is 29.9. The van der Waals surface area contributed by atoms with Crippen molar-refractivity contribution in [1.29, 1.82) is 0 Å². The van der Waals surface area contributed by atoms with E-state index in [9.17, 15) is 9.59 Å². The van der Waals surface area contributed by atoms with Crippen LogP contribution in [-0.4, -0.2) is 53.3 Å². The van der Waals surface area contributed by atoms with Gasteiger partial charge in [0.15, 0.2) is 0 Å². The summed E-state index contributed by atoms with van der Waals surface area (Å²) in [6.07, 6.45) is -0.138. The average molecular weight is 356 g/mol. The van der Waals surface area contributed by atoms with Crippen LogP contribution in [0.4, 0.5) is 10.6 Å². The van der Waals surface area contributed by atoms with Crippen molar-refractivity contribution in [3.8, 4) is 0 Å². The lowest BCUT2D eigenvalue weighted by Gasteiger charge is -2.27. The van der Waals surface area contributed by atoms with Gasteiger partial charge in [-0.25, -0.2) is 14.6 Å². The molecule has 1 unspecified atom stereocenters. The molecule has 1 saturated heterocycles. The van der Waals surface area contributed by atoms with Crippen molar-refractivity contribution in [3.05, 3.63) is 23.4 Å². The lowest BCUT2D eigenvalue weighted by Crippen LogP contribution is -2.44. The molecule has 132 valence electrons. The number of amides is 1. The molecule has 1 fully saturated rings. The summed E-state index contributed by atoms with van der Waals surface area (Å²) < 4.78 is 10.2. The molecule has 24 heavy (non-hydrogen) atoms. The lowest BCUT2D eigenvalue weighted by molar-refractivity contribution is -0.145. The Hall–Kier alpha value is -2.02. The number of hydrogen-bond donors (Lipinski definition) is 1. The highest BCUT2D eigenvalue weighted by Crippen LogP contribution is 2.24. The second-order valence-corrected chi connectivity index (χ2v) is 6.98.